The Hall–Kier alpha value is -1.18. The van der Waals surface area contributed by atoms with E-state index in [9.17, 15) is 8.42 Å². The number of rotatable bonds is 6. The maximum atomic E-state index is 12.4. The molecule has 1 aromatic rings. The second kappa shape index (κ2) is 6.51. The summed E-state index contributed by atoms with van der Waals surface area (Å²) < 4.78 is 27.6. The fourth-order valence-electron chi connectivity index (χ4n) is 2.31. The van der Waals surface area contributed by atoms with Crippen LogP contribution in [-0.2, 0) is 10.0 Å². The van der Waals surface area contributed by atoms with Crippen LogP contribution in [0.25, 0.3) is 0 Å². The Labute approximate surface area is 120 Å². The van der Waals surface area contributed by atoms with Crippen LogP contribution in [0.5, 0.6) is 0 Å². The standard InChI is InChI=1S/C13H22N4O2S/c1-3-7-14-12-5-4-8-15-13(12)20(18,19)16-11-6-9-17(2)10-11/h4-5,8,11,14,16H,3,6-7,9-10H2,1-2H3. The number of nitrogens with one attached hydrogen (secondary N) is 2. The van der Waals surface area contributed by atoms with Crippen molar-refractivity contribution in [3.8, 4) is 0 Å². The smallest absolute Gasteiger partial charge is 0.260 e. The van der Waals surface area contributed by atoms with Crippen LogP contribution in [0.4, 0.5) is 5.69 Å². The van der Waals surface area contributed by atoms with E-state index in [0.717, 1.165) is 32.5 Å². The van der Waals surface area contributed by atoms with E-state index in [4.69, 9.17) is 0 Å². The summed E-state index contributed by atoms with van der Waals surface area (Å²) in [4.78, 5) is 6.15. The van der Waals surface area contributed by atoms with Crippen LogP contribution in [0.1, 0.15) is 19.8 Å². The molecule has 20 heavy (non-hydrogen) atoms. The van der Waals surface area contributed by atoms with Crippen molar-refractivity contribution in [2.24, 2.45) is 0 Å². The predicted octanol–water partition coefficient (Wildman–Crippen LogP) is 0.886. The molecule has 2 heterocycles. The van der Waals surface area contributed by atoms with Crippen molar-refractivity contribution >= 4 is 15.7 Å². The van der Waals surface area contributed by atoms with Crippen molar-refractivity contribution in [2.75, 3.05) is 32.0 Å². The van der Waals surface area contributed by atoms with Gasteiger partial charge >= 0.3 is 0 Å². The number of hydrogen-bond donors (Lipinski definition) is 2. The predicted molar refractivity (Wildman–Crippen MR) is 79.2 cm³/mol. The van der Waals surface area contributed by atoms with Gasteiger partial charge in [-0.1, -0.05) is 6.92 Å². The average molecular weight is 298 g/mol. The summed E-state index contributed by atoms with van der Waals surface area (Å²) in [6.07, 6.45) is 3.27. The van der Waals surface area contributed by atoms with E-state index in [1.807, 2.05) is 14.0 Å². The van der Waals surface area contributed by atoms with E-state index in [1.165, 1.54) is 6.20 Å². The summed E-state index contributed by atoms with van der Waals surface area (Å²) >= 11 is 0. The molecule has 2 rings (SSSR count). The molecule has 7 heteroatoms. The molecule has 1 aromatic heterocycles. The minimum Gasteiger partial charge on any atom is -0.383 e. The van der Waals surface area contributed by atoms with Gasteiger partial charge in [-0.25, -0.2) is 18.1 Å². The quantitative estimate of drug-likeness (QED) is 0.816. The van der Waals surface area contributed by atoms with Crippen LogP contribution in [-0.4, -0.2) is 51.0 Å². The van der Waals surface area contributed by atoms with Gasteiger partial charge in [0.15, 0.2) is 5.03 Å². The van der Waals surface area contributed by atoms with Gasteiger partial charge in [0.25, 0.3) is 10.0 Å². The first-order chi connectivity index (χ1) is 9.53. The van der Waals surface area contributed by atoms with E-state index in [1.54, 1.807) is 12.1 Å². The molecule has 0 amide bonds. The molecule has 0 radical (unpaired) electrons. The highest BCUT2D eigenvalue weighted by molar-refractivity contribution is 7.89. The molecule has 6 nitrogen and oxygen atoms in total. The summed E-state index contributed by atoms with van der Waals surface area (Å²) in [6.45, 7) is 4.41. The van der Waals surface area contributed by atoms with Crippen molar-refractivity contribution in [1.29, 1.82) is 0 Å². The summed E-state index contributed by atoms with van der Waals surface area (Å²) in [5.74, 6) is 0. The molecule has 2 N–H and O–H groups in total. The molecule has 1 fully saturated rings. The molecular formula is C13H22N4O2S. The highest BCUT2D eigenvalue weighted by Crippen LogP contribution is 2.19. The van der Waals surface area contributed by atoms with E-state index in [-0.39, 0.29) is 11.1 Å². The second-order valence-corrected chi connectivity index (χ2v) is 6.78. The minimum atomic E-state index is -3.58. The van der Waals surface area contributed by atoms with E-state index >= 15 is 0 Å². The van der Waals surface area contributed by atoms with Gasteiger partial charge in [-0.3, -0.25) is 0 Å². The Kier molecular flexibility index (Phi) is 4.95. The summed E-state index contributed by atoms with van der Waals surface area (Å²) in [5, 5.41) is 3.20. The molecule has 1 atom stereocenters. The number of aromatic nitrogens is 1. The normalized spacial score (nSPS) is 20.2. The zero-order valence-corrected chi connectivity index (χ0v) is 12.8. The van der Waals surface area contributed by atoms with Gasteiger partial charge < -0.3 is 10.2 Å². The lowest BCUT2D eigenvalue weighted by Crippen LogP contribution is -2.37. The van der Waals surface area contributed by atoms with E-state index in [0.29, 0.717) is 5.69 Å². The van der Waals surface area contributed by atoms with Crippen LogP contribution < -0.4 is 10.0 Å². The number of sulfonamides is 1. The molecule has 0 spiro atoms. The molecule has 1 unspecified atom stereocenters. The summed E-state index contributed by atoms with van der Waals surface area (Å²) in [6, 6.07) is 3.45. The Morgan fingerprint density at radius 1 is 1.50 bits per heavy atom. The number of pyridine rings is 1. The lowest BCUT2D eigenvalue weighted by atomic mass is 10.3. The molecule has 1 aliphatic heterocycles. The van der Waals surface area contributed by atoms with Gasteiger partial charge in [-0.15, -0.1) is 0 Å². The fraction of sp³-hybridized carbons (Fsp3) is 0.615. The van der Waals surface area contributed by atoms with Gasteiger partial charge in [0.2, 0.25) is 0 Å². The lowest BCUT2D eigenvalue weighted by Gasteiger charge is -2.15. The first-order valence-electron chi connectivity index (χ1n) is 6.92. The topological polar surface area (TPSA) is 74.3 Å². The monoisotopic (exact) mass is 298 g/mol. The number of hydrogen-bond acceptors (Lipinski definition) is 5. The maximum Gasteiger partial charge on any atom is 0.260 e. The molecule has 0 aliphatic carbocycles. The zero-order valence-electron chi connectivity index (χ0n) is 12.0. The van der Waals surface area contributed by atoms with Crippen molar-refractivity contribution in [3.05, 3.63) is 18.3 Å². The van der Waals surface area contributed by atoms with Gasteiger partial charge in [0.1, 0.15) is 0 Å². The van der Waals surface area contributed by atoms with E-state index in [2.05, 4.69) is 19.9 Å². The van der Waals surface area contributed by atoms with E-state index < -0.39 is 10.0 Å². The van der Waals surface area contributed by atoms with Crippen LogP contribution in [0, 0.1) is 0 Å². The third-order valence-electron chi connectivity index (χ3n) is 3.30. The Morgan fingerprint density at radius 2 is 2.30 bits per heavy atom. The third-order valence-corrected chi connectivity index (χ3v) is 4.78. The highest BCUT2D eigenvalue weighted by atomic mass is 32.2. The Bertz CT molecular complexity index is 547. The first-order valence-corrected chi connectivity index (χ1v) is 8.41. The van der Waals surface area contributed by atoms with Gasteiger partial charge in [-0.2, -0.15) is 0 Å². The molecule has 0 aromatic carbocycles. The maximum absolute atomic E-state index is 12.4. The number of likely N-dealkylation sites (N-methyl/N-ethyl adjacent to an activating group) is 1. The molecule has 0 bridgehead atoms. The van der Waals surface area contributed by atoms with Gasteiger partial charge in [0, 0.05) is 25.3 Å². The van der Waals surface area contributed by atoms with Crippen LogP contribution in [0.3, 0.4) is 0 Å². The number of nitrogens with zero attached hydrogens (tertiary/aromatic N) is 2. The molecule has 112 valence electrons. The highest BCUT2D eigenvalue weighted by Gasteiger charge is 2.27. The fourth-order valence-corrected chi connectivity index (χ4v) is 3.68. The summed E-state index contributed by atoms with van der Waals surface area (Å²) in [7, 11) is -1.59. The number of anilines is 1. The minimum absolute atomic E-state index is 0.0361. The van der Waals surface area contributed by atoms with Gasteiger partial charge in [-0.05, 0) is 38.6 Å². The van der Waals surface area contributed by atoms with Crippen LogP contribution in [0.15, 0.2) is 23.4 Å². The SMILES string of the molecule is CCCNc1cccnc1S(=O)(=O)NC1CCN(C)C1. The Balaban J connectivity index is 2.16. The largest absolute Gasteiger partial charge is 0.383 e. The van der Waals surface area contributed by atoms with Crippen LogP contribution in [0.2, 0.25) is 0 Å². The van der Waals surface area contributed by atoms with Crippen molar-refractivity contribution < 1.29 is 8.42 Å². The average Bonchev–Trinajstić information content (AvgIpc) is 2.81. The second-order valence-electron chi connectivity index (χ2n) is 5.15. The molecule has 0 saturated carbocycles. The van der Waals surface area contributed by atoms with Crippen molar-refractivity contribution in [1.82, 2.24) is 14.6 Å². The first kappa shape index (κ1) is 15.2. The van der Waals surface area contributed by atoms with Gasteiger partial charge in [0.05, 0.1) is 5.69 Å². The molecule has 1 saturated heterocycles. The number of likely N-dealkylation sites (tertiary alicyclic amines) is 1. The molecule has 1 aliphatic rings. The zero-order chi connectivity index (χ0) is 14.6. The van der Waals surface area contributed by atoms with Crippen molar-refractivity contribution in [2.45, 2.75) is 30.8 Å². The molecular weight excluding hydrogens is 276 g/mol. The van der Waals surface area contributed by atoms with Crippen molar-refractivity contribution in [3.63, 3.8) is 0 Å². The third kappa shape index (κ3) is 3.68. The lowest BCUT2D eigenvalue weighted by molar-refractivity contribution is 0.407. The Morgan fingerprint density at radius 3 is 2.95 bits per heavy atom. The van der Waals surface area contributed by atoms with Crippen LogP contribution >= 0.6 is 0 Å². The summed E-state index contributed by atoms with van der Waals surface area (Å²) in [5.41, 5.74) is 0.563.